The molecule has 3 heterocycles. The molecule has 1 aliphatic carbocycles. The van der Waals surface area contributed by atoms with Crippen molar-refractivity contribution in [1.29, 1.82) is 0 Å². The molecule has 0 radical (unpaired) electrons. The lowest BCUT2D eigenvalue weighted by Crippen LogP contribution is -2.43. The van der Waals surface area contributed by atoms with Crippen LogP contribution in [0.1, 0.15) is 79.9 Å². The third-order valence-electron chi connectivity index (χ3n) is 8.05. The first-order valence-electron chi connectivity index (χ1n) is 13.2. The van der Waals surface area contributed by atoms with Crippen LogP contribution >= 0.6 is 0 Å². The number of piperidine rings is 1. The Morgan fingerprint density at radius 2 is 1.79 bits per heavy atom. The fourth-order valence-electron chi connectivity index (χ4n) is 6.04. The highest BCUT2D eigenvalue weighted by Crippen LogP contribution is 2.34. The van der Waals surface area contributed by atoms with Gasteiger partial charge >= 0.3 is 0 Å². The van der Waals surface area contributed by atoms with Gasteiger partial charge in [0.25, 0.3) is 0 Å². The number of likely N-dealkylation sites (tertiary alicyclic amines) is 1. The number of anilines is 1. The molecular weight excluding hydrogens is 424 g/mol. The van der Waals surface area contributed by atoms with Crippen LogP contribution in [0.3, 0.4) is 0 Å². The number of fused-ring (bicyclic) bond motifs is 1. The van der Waals surface area contributed by atoms with Gasteiger partial charge in [-0.2, -0.15) is 0 Å². The van der Waals surface area contributed by atoms with Crippen LogP contribution in [-0.4, -0.2) is 53.6 Å². The minimum atomic E-state index is 0.178. The molecule has 1 aromatic carbocycles. The van der Waals surface area contributed by atoms with E-state index in [9.17, 15) is 4.79 Å². The average molecular weight is 463 g/mol. The van der Waals surface area contributed by atoms with E-state index >= 15 is 0 Å². The third-order valence-corrected chi connectivity index (χ3v) is 8.05. The largest absolute Gasteiger partial charge is 0.497 e. The molecule has 34 heavy (non-hydrogen) atoms. The number of benzene rings is 1. The Hall–Kier alpha value is -2.47. The lowest BCUT2D eigenvalue weighted by molar-refractivity contribution is -0.118. The van der Waals surface area contributed by atoms with E-state index in [-0.39, 0.29) is 5.91 Å². The molecule has 6 nitrogen and oxygen atoms in total. The normalized spacial score (nSPS) is 22.0. The summed E-state index contributed by atoms with van der Waals surface area (Å²) in [6.45, 7) is 5.01. The monoisotopic (exact) mass is 462 g/mol. The molecule has 2 fully saturated rings. The average Bonchev–Trinajstić information content (AvgIpc) is 2.89. The van der Waals surface area contributed by atoms with Crippen LogP contribution in [0.2, 0.25) is 0 Å². The Labute approximate surface area is 203 Å². The molecule has 3 aliphatic rings. The molecule has 0 spiro atoms. The van der Waals surface area contributed by atoms with E-state index in [4.69, 9.17) is 14.7 Å². The molecule has 0 unspecified atom stereocenters. The standard InChI is InChI=1S/C28H38N4O2/c1-20-25-14-15-26(33)32(18-16-21-10-12-24(34-2)13-11-21)28(25)30-27(29-20)22-7-6-17-31(19-22)23-8-4-3-5-9-23/h10-13,22-23H,3-9,14-19H2,1-2H3/t22-/m0/s1. The van der Waals surface area contributed by atoms with Crippen molar-refractivity contribution in [3.63, 3.8) is 0 Å². The number of carbonyl (C=O) groups excluding carboxylic acids is 1. The lowest BCUT2D eigenvalue weighted by Gasteiger charge is -2.40. The summed E-state index contributed by atoms with van der Waals surface area (Å²) in [4.78, 5) is 27.7. The van der Waals surface area contributed by atoms with Gasteiger partial charge in [0.15, 0.2) is 0 Å². The highest BCUT2D eigenvalue weighted by molar-refractivity contribution is 5.95. The molecule has 0 bridgehead atoms. The Morgan fingerprint density at radius 3 is 2.56 bits per heavy atom. The number of amides is 1. The number of hydrogen-bond acceptors (Lipinski definition) is 5. The molecule has 1 aromatic heterocycles. The SMILES string of the molecule is COc1ccc(CCN2C(=O)CCc3c(C)nc([C@H]4CCCN(C5CCCCC5)C4)nc32)cc1. The molecule has 0 N–H and O–H groups in total. The molecule has 1 amide bonds. The molecule has 2 aliphatic heterocycles. The lowest BCUT2D eigenvalue weighted by atomic mass is 9.89. The second-order valence-electron chi connectivity index (χ2n) is 10.2. The zero-order valence-corrected chi connectivity index (χ0v) is 20.8. The topological polar surface area (TPSA) is 58.6 Å². The predicted molar refractivity (Wildman–Crippen MR) is 135 cm³/mol. The fourth-order valence-corrected chi connectivity index (χ4v) is 6.04. The van der Waals surface area contributed by atoms with Gasteiger partial charge in [0.2, 0.25) is 5.91 Å². The molecule has 2 aromatic rings. The van der Waals surface area contributed by atoms with Crippen molar-refractivity contribution in [2.45, 2.75) is 83.1 Å². The van der Waals surface area contributed by atoms with Crippen molar-refractivity contribution in [2.75, 3.05) is 31.6 Å². The summed E-state index contributed by atoms with van der Waals surface area (Å²) in [5.74, 6) is 3.20. The van der Waals surface area contributed by atoms with Gasteiger partial charge in [-0.3, -0.25) is 14.6 Å². The second-order valence-corrected chi connectivity index (χ2v) is 10.2. The maximum absolute atomic E-state index is 13.0. The molecule has 1 saturated carbocycles. The van der Waals surface area contributed by atoms with Gasteiger partial charge in [0.1, 0.15) is 17.4 Å². The number of methoxy groups -OCH3 is 1. The van der Waals surface area contributed by atoms with Crippen LogP contribution in [0.4, 0.5) is 5.82 Å². The summed E-state index contributed by atoms with van der Waals surface area (Å²) in [5, 5.41) is 0. The number of ether oxygens (including phenoxy) is 1. The summed E-state index contributed by atoms with van der Waals surface area (Å²) >= 11 is 0. The summed E-state index contributed by atoms with van der Waals surface area (Å²) in [5.41, 5.74) is 3.40. The van der Waals surface area contributed by atoms with Gasteiger partial charge in [0.05, 0.1) is 7.11 Å². The summed E-state index contributed by atoms with van der Waals surface area (Å²) in [6.07, 6.45) is 11.2. The van der Waals surface area contributed by atoms with Gasteiger partial charge < -0.3 is 4.74 Å². The van der Waals surface area contributed by atoms with Crippen LogP contribution in [0, 0.1) is 6.92 Å². The smallest absolute Gasteiger partial charge is 0.228 e. The highest BCUT2D eigenvalue weighted by atomic mass is 16.5. The van der Waals surface area contributed by atoms with Gasteiger partial charge in [-0.25, -0.2) is 9.97 Å². The van der Waals surface area contributed by atoms with Crippen molar-refractivity contribution in [1.82, 2.24) is 14.9 Å². The molecule has 5 rings (SSSR count). The second kappa shape index (κ2) is 10.4. The maximum Gasteiger partial charge on any atom is 0.228 e. The molecule has 6 heteroatoms. The fraction of sp³-hybridized carbons (Fsp3) is 0.607. The van der Waals surface area contributed by atoms with E-state index in [0.717, 1.165) is 60.5 Å². The van der Waals surface area contributed by atoms with Crippen molar-refractivity contribution in [2.24, 2.45) is 0 Å². The molecule has 1 saturated heterocycles. The number of hydrogen-bond donors (Lipinski definition) is 0. The van der Waals surface area contributed by atoms with Crippen LogP contribution < -0.4 is 9.64 Å². The van der Waals surface area contributed by atoms with E-state index in [1.54, 1.807) is 7.11 Å². The number of aryl methyl sites for hydroxylation is 1. The van der Waals surface area contributed by atoms with E-state index in [1.165, 1.54) is 50.6 Å². The van der Waals surface area contributed by atoms with E-state index in [1.807, 2.05) is 17.0 Å². The van der Waals surface area contributed by atoms with Crippen molar-refractivity contribution >= 4 is 11.7 Å². The Balaban J connectivity index is 1.35. The highest BCUT2D eigenvalue weighted by Gasteiger charge is 2.32. The van der Waals surface area contributed by atoms with Crippen molar-refractivity contribution in [3.8, 4) is 5.75 Å². The quantitative estimate of drug-likeness (QED) is 0.616. The number of rotatable bonds is 6. The van der Waals surface area contributed by atoms with Crippen LogP contribution in [0.25, 0.3) is 0 Å². The minimum Gasteiger partial charge on any atom is -0.497 e. The van der Waals surface area contributed by atoms with Crippen LogP contribution in [-0.2, 0) is 17.6 Å². The third kappa shape index (κ3) is 4.97. The first-order valence-corrected chi connectivity index (χ1v) is 13.2. The zero-order valence-electron chi connectivity index (χ0n) is 20.8. The Bertz CT molecular complexity index is 1000. The predicted octanol–water partition coefficient (Wildman–Crippen LogP) is 4.83. The molecule has 1 atom stereocenters. The maximum atomic E-state index is 13.0. The Morgan fingerprint density at radius 1 is 1.00 bits per heavy atom. The number of carbonyl (C=O) groups is 1. The minimum absolute atomic E-state index is 0.178. The Kier molecular flexibility index (Phi) is 7.14. The van der Waals surface area contributed by atoms with Crippen LogP contribution in [0.15, 0.2) is 24.3 Å². The number of aromatic nitrogens is 2. The number of nitrogens with zero attached hydrogens (tertiary/aromatic N) is 4. The van der Waals surface area contributed by atoms with E-state index in [2.05, 4.69) is 24.0 Å². The first-order chi connectivity index (χ1) is 16.6. The van der Waals surface area contributed by atoms with E-state index < -0.39 is 0 Å². The summed E-state index contributed by atoms with van der Waals surface area (Å²) < 4.78 is 5.27. The summed E-state index contributed by atoms with van der Waals surface area (Å²) in [7, 11) is 1.68. The first kappa shape index (κ1) is 23.3. The molecule has 182 valence electrons. The molecular formula is C28H38N4O2. The summed E-state index contributed by atoms with van der Waals surface area (Å²) in [6, 6.07) is 8.84. The van der Waals surface area contributed by atoms with Gasteiger partial charge in [-0.05, 0) is 69.7 Å². The van der Waals surface area contributed by atoms with Gasteiger partial charge in [0, 0.05) is 42.7 Å². The van der Waals surface area contributed by atoms with Crippen molar-refractivity contribution < 1.29 is 9.53 Å². The van der Waals surface area contributed by atoms with Crippen LogP contribution in [0.5, 0.6) is 5.75 Å². The zero-order chi connectivity index (χ0) is 23.5. The van der Waals surface area contributed by atoms with E-state index in [0.29, 0.717) is 18.9 Å². The van der Waals surface area contributed by atoms with Crippen molar-refractivity contribution in [3.05, 3.63) is 46.9 Å². The van der Waals surface area contributed by atoms with Gasteiger partial charge in [-0.15, -0.1) is 0 Å². The van der Waals surface area contributed by atoms with Gasteiger partial charge in [-0.1, -0.05) is 31.4 Å².